The van der Waals surface area contributed by atoms with Crippen LogP contribution in [0, 0.1) is 11.3 Å². The van der Waals surface area contributed by atoms with E-state index in [2.05, 4.69) is 0 Å². The molecule has 0 aliphatic heterocycles. The summed E-state index contributed by atoms with van der Waals surface area (Å²) in [5, 5.41) is 8.82. The molecule has 20 heavy (non-hydrogen) atoms. The van der Waals surface area contributed by atoms with Crippen LogP contribution >= 0.6 is 0 Å². The highest BCUT2D eigenvalue weighted by molar-refractivity contribution is 7.91. The number of aliphatic carboxylic acids is 1. The van der Waals surface area contributed by atoms with Crippen molar-refractivity contribution >= 4 is 21.8 Å². The molecule has 0 heterocycles. The average Bonchev–Trinajstić information content (AvgIpc) is 2.28. The van der Waals surface area contributed by atoms with Crippen molar-refractivity contribution in [3.63, 3.8) is 0 Å². The Hall–Kier alpha value is -1.11. The van der Waals surface area contributed by atoms with Crippen molar-refractivity contribution < 1.29 is 27.9 Å². The van der Waals surface area contributed by atoms with Crippen LogP contribution in [0.1, 0.15) is 41.0 Å². The standard InChI is InChI=1S/C13H24O6S/c1-6-19-12(16)13(9(2)3,11(14)15)7-8-20(17,18)10(4)5/h9-10H,6-8H2,1-5H3,(H,14,15). The van der Waals surface area contributed by atoms with Crippen molar-refractivity contribution in [1.82, 2.24) is 0 Å². The van der Waals surface area contributed by atoms with Crippen molar-refractivity contribution in [3.8, 4) is 0 Å². The van der Waals surface area contributed by atoms with Gasteiger partial charge in [0, 0.05) is 0 Å². The van der Waals surface area contributed by atoms with E-state index >= 15 is 0 Å². The minimum absolute atomic E-state index is 0.0531. The zero-order valence-corrected chi connectivity index (χ0v) is 13.5. The summed E-state index contributed by atoms with van der Waals surface area (Å²) in [7, 11) is -3.42. The van der Waals surface area contributed by atoms with Crippen LogP contribution in [-0.4, -0.2) is 43.1 Å². The van der Waals surface area contributed by atoms with E-state index in [-0.39, 0.29) is 18.8 Å². The number of sulfone groups is 1. The second-order valence-corrected chi connectivity index (χ2v) is 7.99. The summed E-state index contributed by atoms with van der Waals surface area (Å²) >= 11 is 0. The fraction of sp³-hybridized carbons (Fsp3) is 0.846. The van der Waals surface area contributed by atoms with Gasteiger partial charge in [-0.1, -0.05) is 13.8 Å². The first-order valence-electron chi connectivity index (χ1n) is 6.64. The third-order valence-corrected chi connectivity index (χ3v) is 5.72. The normalized spacial score (nSPS) is 15.2. The SMILES string of the molecule is CCOC(=O)C(CCS(=O)(=O)C(C)C)(C(=O)O)C(C)C. The molecule has 0 saturated heterocycles. The Morgan fingerprint density at radius 2 is 1.70 bits per heavy atom. The number of carbonyl (C=O) groups is 2. The van der Waals surface area contributed by atoms with E-state index in [1.54, 1.807) is 20.8 Å². The van der Waals surface area contributed by atoms with E-state index in [0.29, 0.717) is 0 Å². The lowest BCUT2D eigenvalue weighted by Gasteiger charge is -2.30. The molecule has 118 valence electrons. The van der Waals surface area contributed by atoms with Gasteiger partial charge >= 0.3 is 11.9 Å². The minimum Gasteiger partial charge on any atom is -0.480 e. The van der Waals surface area contributed by atoms with E-state index < -0.39 is 38.4 Å². The van der Waals surface area contributed by atoms with Crippen LogP contribution in [0.3, 0.4) is 0 Å². The molecule has 0 aromatic rings. The third kappa shape index (κ3) is 3.94. The second kappa shape index (κ2) is 7.06. The molecule has 1 unspecified atom stereocenters. The Kier molecular flexibility index (Phi) is 6.67. The van der Waals surface area contributed by atoms with Crippen molar-refractivity contribution in [2.24, 2.45) is 11.3 Å². The number of ether oxygens (including phenoxy) is 1. The molecule has 0 saturated carbocycles. The Labute approximate surface area is 120 Å². The van der Waals surface area contributed by atoms with Crippen LogP contribution in [0.5, 0.6) is 0 Å². The fourth-order valence-corrected chi connectivity index (χ4v) is 2.94. The van der Waals surface area contributed by atoms with Crippen LogP contribution in [0.2, 0.25) is 0 Å². The molecular weight excluding hydrogens is 284 g/mol. The summed E-state index contributed by atoms with van der Waals surface area (Å²) in [5.41, 5.74) is -1.82. The summed E-state index contributed by atoms with van der Waals surface area (Å²) in [6.07, 6.45) is -0.278. The molecule has 7 heteroatoms. The Balaban J connectivity index is 5.45. The Bertz CT molecular complexity index is 451. The largest absolute Gasteiger partial charge is 0.480 e. The van der Waals surface area contributed by atoms with Crippen LogP contribution in [0.15, 0.2) is 0 Å². The fourth-order valence-electron chi connectivity index (χ4n) is 1.87. The van der Waals surface area contributed by atoms with E-state index in [9.17, 15) is 23.1 Å². The zero-order valence-electron chi connectivity index (χ0n) is 12.7. The first kappa shape index (κ1) is 18.9. The zero-order chi connectivity index (χ0) is 16.1. The molecule has 0 aliphatic rings. The summed E-state index contributed by atoms with van der Waals surface area (Å²) in [6, 6.07) is 0. The number of hydrogen-bond donors (Lipinski definition) is 1. The summed E-state index contributed by atoms with van der Waals surface area (Å²) in [5.74, 6) is -3.14. The molecule has 0 spiro atoms. The highest BCUT2D eigenvalue weighted by Crippen LogP contribution is 2.34. The molecule has 0 aromatic heterocycles. The highest BCUT2D eigenvalue weighted by Gasteiger charge is 2.50. The lowest BCUT2D eigenvalue weighted by atomic mass is 9.75. The number of hydrogen-bond acceptors (Lipinski definition) is 5. The third-order valence-electron chi connectivity index (χ3n) is 3.51. The number of rotatable bonds is 8. The molecule has 0 bridgehead atoms. The van der Waals surface area contributed by atoms with Crippen molar-refractivity contribution in [2.75, 3.05) is 12.4 Å². The summed E-state index contributed by atoms with van der Waals surface area (Å²) < 4.78 is 28.6. The first-order valence-corrected chi connectivity index (χ1v) is 8.36. The number of carbonyl (C=O) groups excluding carboxylic acids is 1. The van der Waals surface area contributed by atoms with Crippen molar-refractivity contribution in [3.05, 3.63) is 0 Å². The molecule has 0 aromatic carbocycles. The van der Waals surface area contributed by atoms with Crippen molar-refractivity contribution in [2.45, 2.75) is 46.3 Å². The predicted molar refractivity (Wildman–Crippen MR) is 75.1 cm³/mol. The molecule has 1 N–H and O–H groups in total. The van der Waals surface area contributed by atoms with Gasteiger partial charge < -0.3 is 9.84 Å². The maximum absolute atomic E-state index is 12.0. The van der Waals surface area contributed by atoms with Gasteiger partial charge in [0.05, 0.1) is 17.6 Å². The minimum atomic E-state index is -3.42. The van der Waals surface area contributed by atoms with Gasteiger partial charge in [-0.3, -0.25) is 9.59 Å². The van der Waals surface area contributed by atoms with Crippen LogP contribution in [-0.2, 0) is 24.2 Å². The Morgan fingerprint density at radius 1 is 1.20 bits per heavy atom. The van der Waals surface area contributed by atoms with Gasteiger partial charge in [0.25, 0.3) is 0 Å². The molecule has 0 radical (unpaired) electrons. The second-order valence-electron chi connectivity index (χ2n) is 5.32. The molecule has 1 atom stereocenters. The first-order chi connectivity index (χ1) is 9.02. The van der Waals surface area contributed by atoms with E-state index in [1.165, 1.54) is 13.8 Å². The number of carboxylic acids is 1. The van der Waals surface area contributed by atoms with Gasteiger partial charge in [0.1, 0.15) is 0 Å². The molecule has 0 rings (SSSR count). The average molecular weight is 308 g/mol. The van der Waals surface area contributed by atoms with Gasteiger partial charge in [0.15, 0.2) is 15.3 Å². The maximum atomic E-state index is 12.0. The van der Waals surface area contributed by atoms with E-state index in [1.807, 2.05) is 0 Å². The van der Waals surface area contributed by atoms with Gasteiger partial charge in [-0.2, -0.15) is 0 Å². The van der Waals surface area contributed by atoms with Crippen LogP contribution in [0.25, 0.3) is 0 Å². The van der Waals surface area contributed by atoms with Gasteiger partial charge in [0.2, 0.25) is 0 Å². The van der Waals surface area contributed by atoms with E-state index in [0.717, 1.165) is 0 Å². The molecule has 6 nitrogen and oxygen atoms in total. The monoisotopic (exact) mass is 308 g/mol. The topological polar surface area (TPSA) is 97.7 Å². The van der Waals surface area contributed by atoms with E-state index in [4.69, 9.17) is 4.74 Å². The number of esters is 1. The molecule has 0 aliphatic carbocycles. The quantitative estimate of drug-likeness (QED) is 0.539. The summed E-state index contributed by atoms with van der Waals surface area (Å²) in [4.78, 5) is 23.6. The lowest BCUT2D eigenvalue weighted by Crippen LogP contribution is -2.46. The summed E-state index contributed by atoms with van der Waals surface area (Å²) in [6.45, 7) is 7.84. The molecular formula is C13H24O6S. The number of carboxylic acid groups (broad SMARTS) is 1. The molecule has 0 fully saturated rings. The maximum Gasteiger partial charge on any atom is 0.323 e. The van der Waals surface area contributed by atoms with Gasteiger partial charge in [-0.05, 0) is 33.1 Å². The predicted octanol–water partition coefficient (Wildman–Crippen LogP) is 1.49. The van der Waals surface area contributed by atoms with Gasteiger partial charge in [-0.25, -0.2) is 8.42 Å². The van der Waals surface area contributed by atoms with Crippen LogP contribution < -0.4 is 0 Å². The lowest BCUT2D eigenvalue weighted by molar-refractivity contribution is -0.172. The smallest absolute Gasteiger partial charge is 0.323 e. The van der Waals surface area contributed by atoms with Gasteiger partial charge in [-0.15, -0.1) is 0 Å². The highest BCUT2D eigenvalue weighted by atomic mass is 32.2. The van der Waals surface area contributed by atoms with Crippen LogP contribution in [0.4, 0.5) is 0 Å². The Morgan fingerprint density at radius 3 is 2.00 bits per heavy atom. The van der Waals surface area contributed by atoms with Crippen molar-refractivity contribution in [1.29, 1.82) is 0 Å². The molecule has 0 amide bonds.